The summed E-state index contributed by atoms with van der Waals surface area (Å²) >= 11 is 0. The van der Waals surface area contributed by atoms with Crippen LogP contribution in [0.3, 0.4) is 0 Å². The molecule has 5 nitrogen and oxygen atoms in total. The SMILES string of the molecule is NC1(C(=O)Nc2ncc(-c3ccc(F)c4ccccc34)[nH]2)CC2c3ccccc3C1c1ccccc12. The molecule has 3 aliphatic rings. The summed E-state index contributed by atoms with van der Waals surface area (Å²) in [5, 5.41) is 4.25. The molecule has 8 rings (SSSR count). The van der Waals surface area contributed by atoms with Crippen molar-refractivity contribution in [3.8, 4) is 11.3 Å². The predicted molar refractivity (Wildman–Crippen MR) is 138 cm³/mol. The van der Waals surface area contributed by atoms with Gasteiger partial charge in [0.05, 0.1) is 11.9 Å². The van der Waals surface area contributed by atoms with E-state index in [9.17, 15) is 9.18 Å². The summed E-state index contributed by atoms with van der Waals surface area (Å²) in [5.74, 6) is -0.413. The molecule has 4 aromatic carbocycles. The average Bonchev–Trinajstić information content (AvgIpc) is 3.37. The summed E-state index contributed by atoms with van der Waals surface area (Å²) in [6.07, 6.45) is 2.17. The molecule has 1 aromatic heterocycles. The number of aromatic nitrogens is 2. The predicted octanol–water partition coefficient (Wildman–Crippen LogP) is 5.69. The zero-order chi connectivity index (χ0) is 24.4. The smallest absolute Gasteiger partial charge is 0.247 e. The largest absolute Gasteiger partial charge is 0.324 e. The molecule has 1 unspecified atom stereocenters. The number of carbonyl (C=O) groups excluding carboxylic acids is 1. The fourth-order valence-corrected chi connectivity index (χ4v) is 6.21. The van der Waals surface area contributed by atoms with E-state index >= 15 is 0 Å². The molecule has 4 N–H and O–H groups in total. The first-order valence-corrected chi connectivity index (χ1v) is 12.1. The third-order valence-electron chi connectivity index (χ3n) is 7.81. The molecule has 0 saturated carbocycles. The molecule has 0 fully saturated rings. The summed E-state index contributed by atoms with van der Waals surface area (Å²) in [6.45, 7) is 0. The van der Waals surface area contributed by atoms with Crippen LogP contribution in [0.1, 0.15) is 40.5 Å². The molecule has 0 spiro atoms. The van der Waals surface area contributed by atoms with Gasteiger partial charge in [-0.3, -0.25) is 10.1 Å². The maximum absolute atomic E-state index is 14.3. The zero-order valence-corrected chi connectivity index (χ0v) is 19.3. The molecule has 6 heteroatoms. The summed E-state index contributed by atoms with van der Waals surface area (Å²) < 4.78 is 14.3. The molecule has 0 saturated heterocycles. The minimum Gasteiger partial charge on any atom is -0.324 e. The third-order valence-corrected chi connectivity index (χ3v) is 7.81. The monoisotopic (exact) mass is 474 g/mol. The summed E-state index contributed by atoms with van der Waals surface area (Å²) in [4.78, 5) is 21.3. The molecular formula is C30H23FN4O. The second-order valence-corrected chi connectivity index (χ2v) is 9.73. The third kappa shape index (κ3) is 2.91. The van der Waals surface area contributed by atoms with E-state index in [1.807, 2.05) is 42.5 Å². The van der Waals surface area contributed by atoms with Crippen LogP contribution in [0.2, 0.25) is 0 Å². The number of aromatic amines is 1. The van der Waals surface area contributed by atoms with Crippen molar-refractivity contribution in [2.75, 3.05) is 5.32 Å². The lowest BCUT2D eigenvalue weighted by molar-refractivity contribution is -0.122. The highest BCUT2D eigenvalue weighted by Gasteiger charge is 2.54. The zero-order valence-electron chi connectivity index (χ0n) is 19.3. The molecule has 2 bridgehead atoms. The minimum atomic E-state index is -1.12. The number of rotatable bonds is 3. The van der Waals surface area contributed by atoms with Gasteiger partial charge in [0.15, 0.2) is 0 Å². The van der Waals surface area contributed by atoms with E-state index in [0.29, 0.717) is 23.4 Å². The van der Waals surface area contributed by atoms with E-state index in [0.717, 1.165) is 22.1 Å². The first-order valence-electron chi connectivity index (χ1n) is 12.1. The van der Waals surface area contributed by atoms with Crippen LogP contribution in [0.4, 0.5) is 10.3 Å². The quantitative estimate of drug-likeness (QED) is 0.314. The molecule has 3 aliphatic carbocycles. The van der Waals surface area contributed by atoms with Crippen LogP contribution in [0.15, 0.2) is 91.1 Å². The van der Waals surface area contributed by atoms with Gasteiger partial charge >= 0.3 is 0 Å². The van der Waals surface area contributed by atoms with Gasteiger partial charge in [0.2, 0.25) is 11.9 Å². The Bertz CT molecular complexity index is 1630. The Labute approximate surface area is 207 Å². The standard InChI is InChI=1S/C30H23FN4O/c31-25-14-13-21(17-7-1-4-10-20(17)25)26-16-33-29(34-26)35-28(36)30(32)15-24-18-8-2-5-11-22(18)27(30)23-12-6-3-9-19(23)24/h1-14,16,24,27H,15,32H2,(H2,33,34,35,36). The number of amides is 1. The Kier molecular flexibility index (Phi) is 4.44. The first kappa shape index (κ1) is 21.0. The number of imidazole rings is 1. The van der Waals surface area contributed by atoms with E-state index in [4.69, 9.17) is 5.73 Å². The van der Waals surface area contributed by atoms with Gasteiger partial charge in [-0.2, -0.15) is 0 Å². The van der Waals surface area contributed by atoms with E-state index in [2.05, 4.69) is 39.6 Å². The number of carbonyl (C=O) groups is 1. The Morgan fingerprint density at radius 3 is 2.19 bits per heavy atom. The molecular weight excluding hydrogens is 451 g/mol. The highest BCUT2D eigenvalue weighted by molar-refractivity contribution is 6.00. The Morgan fingerprint density at radius 1 is 0.889 bits per heavy atom. The molecule has 5 aromatic rings. The van der Waals surface area contributed by atoms with Crippen LogP contribution in [-0.2, 0) is 4.79 Å². The number of nitrogens with one attached hydrogen (secondary N) is 2. The van der Waals surface area contributed by atoms with Crippen molar-refractivity contribution in [3.05, 3.63) is 119 Å². The van der Waals surface area contributed by atoms with Crippen molar-refractivity contribution in [2.24, 2.45) is 5.73 Å². The molecule has 176 valence electrons. The van der Waals surface area contributed by atoms with Crippen molar-refractivity contribution in [1.29, 1.82) is 0 Å². The van der Waals surface area contributed by atoms with Crippen LogP contribution in [0, 0.1) is 5.82 Å². The fraction of sp³-hybridized carbons (Fsp3) is 0.133. The minimum absolute atomic E-state index is 0.0656. The van der Waals surface area contributed by atoms with Gasteiger partial charge < -0.3 is 10.7 Å². The van der Waals surface area contributed by atoms with Crippen molar-refractivity contribution in [1.82, 2.24) is 9.97 Å². The number of hydrogen-bond donors (Lipinski definition) is 3. The highest BCUT2D eigenvalue weighted by atomic mass is 19.1. The van der Waals surface area contributed by atoms with Crippen molar-refractivity contribution in [2.45, 2.75) is 23.8 Å². The lowest BCUT2D eigenvalue weighted by Crippen LogP contribution is -2.60. The van der Waals surface area contributed by atoms with Gasteiger partial charge in [-0.1, -0.05) is 72.8 Å². The van der Waals surface area contributed by atoms with Crippen LogP contribution in [0.5, 0.6) is 0 Å². The summed E-state index contributed by atoms with van der Waals surface area (Å²) in [7, 11) is 0. The maximum Gasteiger partial charge on any atom is 0.247 e. The van der Waals surface area contributed by atoms with Crippen molar-refractivity contribution >= 4 is 22.6 Å². The average molecular weight is 475 g/mol. The lowest BCUT2D eigenvalue weighted by Gasteiger charge is -2.50. The fourth-order valence-electron chi connectivity index (χ4n) is 6.21. The normalized spacial score (nSPS) is 21.7. The Hall–Kier alpha value is -4.29. The van der Waals surface area contributed by atoms with Crippen LogP contribution in [0.25, 0.3) is 22.0 Å². The van der Waals surface area contributed by atoms with Gasteiger partial charge in [-0.15, -0.1) is 0 Å². The first-order chi connectivity index (χ1) is 17.5. The Balaban J connectivity index is 1.24. The molecule has 1 heterocycles. The number of nitrogens with zero attached hydrogens (tertiary/aromatic N) is 1. The van der Waals surface area contributed by atoms with E-state index in [1.54, 1.807) is 18.3 Å². The second kappa shape index (κ2) is 7.60. The van der Waals surface area contributed by atoms with Crippen molar-refractivity contribution < 1.29 is 9.18 Å². The Morgan fingerprint density at radius 2 is 1.50 bits per heavy atom. The van der Waals surface area contributed by atoms with Gasteiger partial charge in [0.25, 0.3) is 0 Å². The van der Waals surface area contributed by atoms with Crippen LogP contribution < -0.4 is 11.1 Å². The number of hydrogen-bond acceptors (Lipinski definition) is 3. The highest BCUT2D eigenvalue weighted by Crippen LogP contribution is 2.56. The lowest BCUT2D eigenvalue weighted by atomic mass is 9.55. The van der Waals surface area contributed by atoms with E-state index in [-0.39, 0.29) is 23.6 Å². The number of benzene rings is 4. The van der Waals surface area contributed by atoms with Crippen LogP contribution >= 0.6 is 0 Å². The number of anilines is 1. The van der Waals surface area contributed by atoms with Crippen molar-refractivity contribution in [3.63, 3.8) is 0 Å². The summed E-state index contributed by atoms with van der Waals surface area (Å²) in [5.41, 5.74) is 12.1. The van der Waals surface area contributed by atoms with Gasteiger partial charge in [-0.05, 0) is 46.2 Å². The molecule has 1 atom stereocenters. The number of H-pyrrole nitrogens is 1. The van der Waals surface area contributed by atoms with Gasteiger partial charge in [0.1, 0.15) is 11.4 Å². The van der Waals surface area contributed by atoms with E-state index < -0.39 is 5.54 Å². The van der Waals surface area contributed by atoms with Crippen LogP contribution in [-0.4, -0.2) is 21.4 Å². The molecule has 0 aliphatic heterocycles. The van der Waals surface area contributed by atoms with E-state index in [1.165, 1.54) is 17.2 Å². The second-order valence-electron chi connectivity index (χ2n) is 9.73. The number of fused-ring (bicyclic) bond motifs is 2. The van der Waals surface area contributed by atoms with Gasteiger partial charge in [-0.25, -0.2) is 9.37 Å². The molecule has 0 radical (unpaired) electrons. The number of nitrogens with two attached hydrogens (primary N) is 1. The summed E-state index contributed by atoms with van der Waals surface area (Å²) in [6, 6.07) is 27.0. The molecule has 36 heavy (non-hydrogen) atoms. The molecule has 1 amide bonds. The topological polar surface area (TPSA) is 83.8 Å². The maximum atomic E-state index is 14.3. The van der Waals surface area contributed by atoms with Gasteiger partial charge in [0, 0.05) is 22.8 Å². The number of halogens is 1.